The molecule has 0 aliphatic carbocycles. The molecule has 0 spiro atoms. The van der Waals surface area contributed by atoms with Gasteiger partial charge in [0.05, 0.1) is 0 Å². The van der Waals surface area contributed by atoms with Crippen molar-refractivity contribution in [3.8, 4) is 0 Å². The molecule has 2 aromatic carbocycles. The van der Waals surface area contributed by atoms with Gasteiger partial charge in [-0.1, -0.05) is 50.2 Å². The predicted octanol–water partition coefficient (Wildman–Crippen LogP) is 4.42. The van der Waals surface area contributed by atoms with Gasteiger partial charge in [0.15, 0.2) is 0 Å². The first-order chi connectivity index (χ1) is 13.6. The van der Waals surface area contributed by atoms with Gasteiger partial charge in [0, 0.05) is 25.0 Å². The molecule has 1 aromatic heterocycles. The largest absolute Gasteiger partial charge is 0.336 e. The van der Waals surface area contributed by atoms with Crippen LogP contribution in [0.3, 0.4) is 0 Å². The lowest BCUT2D eigenvalue weighted by atomic mass is 10.0. The highest BCUT2D eigenvalue weighted by Gasteiger charge is 2.19. The van der Waals surface area contributed by atoms with E-state index >= 15 is 0 Å². The molecule has 5 heteroatoms. The van der Waals surface area contributed by atoms with Crippen LogP contribution in [0.5, 0.6) is 0 Å². The van der Waals surface area contributed by atoms with Gasteiger partial charge in [0.2, 0.25) is 5.95 Å². The zero-order valence-electron chi connectivity index (χ0n) is 16.2. The average Bonchev–Trinajstić information content (AvgIpc) is 2.74. The fraction of sp³-hybridized carbons (Fsp3) is 0.261. The van der Waals surface area contributed by atoms with E-state index < -0.39 is 0 Å². The van der Waals surface area contributed by atoms with Crippen molar-refractivity contribution in [2.45, 2.75) is 32.7 Å². The van der Waals surface area contributed by atoms with Crippen LogP contribution in [-0.2, 0) is 13.0 Å². The molecule has 1 aliphatic rings. The van der Waals surface area contributed by atoms with E-state index in [1.165, 1.54) is 16.7 Å². The van der Waals surface area contributed by atoms with E-state index in [4.69, 9.17) is 0 Å². The molecule has 2 heterocycles. The molecule has 0 saturated heterocycles. The Bertz CT molecular complexity index is 982. The third-order valence-electron chi connectivity index (χ3n) is 5.12. The summed E-state index contributed by atoms with van der Waals surface area (Å²) >= 11 is 0. The van der Waals surface area contributed by atoms with Crippen molar-refractivity contribution in [1.29, 1.82) is 0 Å². The summed E-state index contributed by atoms with van der Waals surface area (Å²) in [6, 6.07) is 18.0. The number of rotatable bonds is 4. The molecule has 0 atom stereocenters. The first-order valence-electron chi connectivity index (χ1n) is 9.66. The highest BCUT2D eigenvalue weighted by molar-refractivity contribution is 6.02. The van der Waals surface area contributed by atoms with Crippen LogP contribution in [0.25, 0.3) is 0 Å². The van der Waals surface area contributed by atoms with Crippen LogP contribution in [-0.4, -0.2) is 22.4 Å². The molecule has 28 heavy (non-hydrogen) atoms. The van der Waals surface area contributed by atoms with Crippen molar-refractivity contribution in [2.75, 3.05) is 16.8 Å². The van der Waals surface area contributed by atoms with E-state index in [9.17, 15) is 4.79 Å². The Kier molecular flexibility index (Phi) is 5.06. The summed E-state index contributed by atoms with van der Waals surface area (Å²) in [6.45, 7) is 5.90. The Morgan fingerprint density at radius 2 is 1.79 bits per heavy atom. The quantitative estimate of drug-likeness (QED) is 0.737. The molecular formula is C23H24N4O. The minimum absolute atomic E-state index is 0.224. The molecule has 0 radical (unpaired) electrons. The van der Waals surface area contributed by atoms with Crippen LogP contribution in [0.2, 0.25) is 0 Å². The van der Waals surface area contributed by atoms with E-state index in [1.807, 2.05) is 24.3 Å². The van der Waals surface area contributed by atoms with Crippen LogP contribution in [0, 0.1) is 0 Å². The lowest BCUT2D eigenvalue weighted by molar-refractivity contribution is 0.102. The van der Waals surface area contributed by atoms with Crippen LogP contribution in [0.1, 0.15) is 46.9 Å². The van der Waals surface area contributed by atoms with Gasteiger partial charge in [0.1, 0.15) is 5.69 Å². The van der Waals surface area contributed by atoms with Crippen molar-refractivity contribution in [2.24, 2.45) is 0 Å². The summed E-state index contributed by atoms with van der Waals surface area (Å²) in [5.74, 6) is 0.833. The minimum atomic E-state index is -0.224. The summed E-state index contributed by atoms with van der Waals surface area (Å²) in [5, 5.41) is 2.92. The molecule has 0 fully saturated rings. The van der Waals surface area contributed by atoms with Gasteiger partial charge in [-0.3, -0.25) is 4.79 Å². The highest BCUT2D eigenvalue weighted by atomic mass is 16.1. The SMILES string of the molecule is CC(C)c1ccc(NC(=O)c2ccnc(N3CCc4ccccc4C3)n2)cc1. The maximum absolute atomic E-state index is 12.6. The van der Waals surface area contributed by atoms with E-state index in [1.54, 1.807) is 12.3 Å². The molecule has 1 aliphatic heterocycles. The summed E-state index contributed by atoms with van der Waals surface area (Å²) in [7, 11) is 0. The Balaban J connectivity index is 1.48. The topological polar surface area (TPSA) is 58.1 Å². The third-order valence-corrected chi connectivity index (χ3v) is 5.12. The number of benzene rings is 2. The second-order valence-corrected chi connectivity index (χ2v) is 7.41. The molecule has 1 N–H and O–H groups in total. The second kappa shape index (κ2) is 7.80. The summed E-state index contributed by atoms with van der Waals surface area (Å²) in [6.07, 6.45) is 2.61. The number of hydrogen-bond donors (Lipinski definition) is 1. The van der Waals surface area contributed by atoms with E-state index in [0.717, 1.165) is 25.2 Å². The Labute approximate surface area is 165 Å². The van der Waals surface area contributed by atoms with Gasteiger partial charge in [0.25, 0.3) is 5.91 Å². The second-order valence-electron chi connectivity index (χ2n) is 7.41. The normalized spacial score (nSPS) is 13.3. The number of fused-ring (bicyclic) bond motifs is 1. The van der Waals surface area contributed by atoms with Crippen molar-refractivity contribution in [1.82, 2.24) is 9.97 Å². The molecule has 5 nitrogen and oxygen atoms in total. The van der Waals surface area contributed by atoms with E-state index in [2.05, 4.69) is 58.3 Å². The lowest BCUT2D eigenvalue weighted by Gasteiger charge is -2.28. The van der Waals surface area contributed by atoms with Crippen molar-refractivity contribution in [3.63, 3.8) is 0 Å². The molecule has 1 amide bonds. The standard InChI is InChI=1S/C23H24N4O/c1-16(2)17-7-9-20(10-8-17)25-22(28)21-11-13-24-23(26-21)27-14-12-18-5-3-4-6-19(18)15-27/h3-11,13,16H,12,14-15H2,1-2H3,(H,25,28). The minimum Gasteiger partial charge on any atom is -0.336 e. The first-order valence-corrected chi connectivity index (χ1v) is 9.66. The van der Waals surface area contributed by atoms with Gasteiger partial charge in [-0.25, -0.2) is 9.97 Å². The Hall–Kier alpha value is -3.21. The van der Waals surface area contributed by atoms with E-state index in [-0.39, 0.29) is 5.91 Å². The number of carbonyl (C=O) groups is 1. The smallest absolute Gasteiger partial charge is 0.274 e. The molecule has 3 aromatic rings. The molecule has 0 saturated carbocycles. The van der Waals surface area contributed by atoms with Crippen LogP contribution >= 0.6 is 0 Å². The highest BCUT2D eigenvalue weighted by Crippen LogP contribution is 2.22. The van der Waals surface area contributed by atoms with Crippen molar-refractivity contribution in [3.05, 3.63) is 83.2 Å². The Morgan fingerprint density at radius 3 is 2.54 bits per heavy atom. The number of nitrogens with one attached hydrogen (secondary N) is 1. The van der Waals surface area contributed by atoms with Crippen LogP contribution in [0.15, 0.2) is 60.8 Å². The zero-order valence-corrected chi connectivity index (χ0v) is 16.2. The summed E-state index contributed by atoms with van der Waals surface area (Å²) in [5.41, 5.74) is 5.04. The Morgan fingerprint density at radius 1 is 1.04 bits per heavy atom. The molecule has 142 valence electrons. The fourth-order valence-electron chi connectivity index (χ4n) is 3.44. The van der Waals surface area contributed by atoms with Crippen molar-refractivity contribution < 1.29 is 4.79 Å². The zero-order chi connectivity index (χ0) is 19.5. The summed E-state index contributed by atoms with van der Waals surface area (Å²) in [4.78, 5) is 23.7. The first kappa shape index (κ1) is 18.2. The average molecular weight is 372 g/mol. The van der Waals surface area contributed by atoms with E-state index in [0.29, 0.717) is 17.6 Å². The van der Waals surface area contributed by atoms with Gasteiger partial charge in [-0.2, -0.15) is 0 Å². The number of nitrogens with zero attached hydrogens (tertiary/aromatic N) is 3. The number of aromatic nitrogens is 2. The molecule has 0 bridgehead atoms. The summed E-state index contributed by atoms with van der Waals surface area (Å²) < 4.78 is 0. The third kappa shape index (κ3) is 3.88. The molecule has 0 unspecified atom stereocenters. The fourth-order valence-corrected chi connectivity index (χ4v) is 3.44. The maximum Gasteiger partial charge on any atom is 0.274 e. The number of amides is 1. The maximum atomic E-state index is 12.6. The van der Waals surface area contributed by atoms with Gasteiger partial charge in [-0.15, -0.1) is 0 Å². The predicted molar refractivity (Wildman–Crippen MR) is 112 cm³/mol. The number of hydrogen-bond acceptors (Lipinski definition) is 4. The monoisotopic (exact) mass is 372 g/mol. The van der Waals surface area contributed by atoms with Gasteiger partial charge < -0.3 is 10.2 Å². The van der Waals surface area contributed by atoms with Gasteiger partial charge in [-0.05, 0) is 47.2 Å². The van der Waals surface area contributed by atoms with Crippen LogP contribution in [0.4, 0.5) is 11.6 Å². The molecule has 4 rings (SSSR count). The van der Waals surface area contributed by atoms with Gasteiger partial charge >= 0.3 is 0 Å². The molecular weight excluding hydrogens is 348 g/mol. The number of anilines is 2. The lowest BCUT2D eigenvalue weighted by Crippen LogP contribution is -2.32. The van der Waals surface area contributed by atoms with Crippen LogP contribution < -0.4 is 10.2 Å². The van der Waals surface area contributed by atoms with Crippen molar-refractivity contribution >= 4 is 17.5 Å². The number of carbonyl (C=O) groups excluding carboxylic acids is 1.